The third-order valence-electron chi connectivity index (χ3n) is 12.8. The molecule has 0 fully saturated rings. The van der Waals surface area contributed by atoms with Gasteiger partial charge in [-0.2, -0.15) is 0 Å². The quantitative estimate of drug-likeness (QED) is 0.163. The van der Waals surface area contributed by atoms with Crippen LogP contribution in [0.1, 0.15) is 0 Å². The summed E-state index contributed by atoms with van der Waals surface area (Å²) in [6, 6.07) is 78.1. The predicted molar refractivity (Wildman–Crippen MR) is 263 cm³/mol. The first-order valence-electron chi connectivity index (χ1n) is 21.4. The maximum absolute atomic E-state index is 5.21. The molecule has 0 aliphatic heterocycles. The van der Waals surface area contributed by atoms with Crippen LogP contribution >= 0.6 is 0 Å². The van der Waals surface area contributed by atoms with Crippen molar-refractivity contribution in [3.63, 3.8) is 0 Å². The molecular formula is C59H36N4. The van der Waals surface area contributed by atoms with E-state index in [0.29, 0.717) is 17.5 Å². The van der Waals surface area contributed by atoms with Gasteiger partial charge in [0.2, 0.25) is 0 Å². The van der Waals surface area contributed by atoms with Gasteiger partial charge in [0.1, 0.15) is 0 Å². The van der Waals surface area contributed by atoms with E-state index in [0.717, 1.165) is 49.5 Å². The summed E-state index contributed by atoms with van der Waals surface area (Å²) in [4.78, 5) is 15.6. The third kappa shape index (κ3) is 5.52. The second kappa shape index (κ2) is 14.1. The minimum absolute atomic E-state index is 0.633. The molecule has 0 amide bonds. The first-order chi connectivity index (χ1) is 31.3. The molecule has 0 saturated carbocycles. The lowest BCUT2D eigenvalue weighted by atomic mass is 9.88. The predicted octanol–water partition coefficient (Wildman–Crippen LogP) is 15.4. The Bertz CT molecular complexity index is 3850. The molecule has 13 aromatic rings. The Morgan fingerprint density at radius 2 is 0.778 bits per heavy atom. The summed E-state index contributed by atoms with van der Waals surface area (Å²) in [7, 11) is 0. The largest absolute Gasteiger partial charge is 0.309 e. The van der Waals surface area contributed by atoms with Gasteiger partial charge in [-0.15, -0.1) is 0 Å². The summed E-state index contributed by atoms with van der Waals surface area (Å²) in [6.07, 6.45) is 0. The van der Waals surface area contributed by atoms with Crippen LogP contribution in [0.5, 0.6) is 0 Å². The summed E-state index contributed by atoms with van der Waals surface area (Å²) < 4.78 is 2.45. The number of hydrogen-bond acceptors (Lipinski definition) is 3. The Kier molecular flexibility index (Phi) is 7.87. The highest BCUT2D eigenvalue weighted by atomic mass is 15.0. The Hall–Kier alpha value is -8.47. The summed E-state index contributed by atoms with van der Waals surface area (Å²) in [5.74, 6) is 1.93. The van der Waals surface area contributed by atoms with E-state index in [1.807, 2.05) is 0 Å². The van der Waals surface area contributed by atoms with Gasteiger partial charge in [-0.25, -0.2) is 15.0 Å². The maximum atomic E-state index is 5.21. The van der Waals surface area contributed by atoms with E-state index in [4.69, 9.17) is 15.0 Å². The van der Waals surface area contributed by atoms with Crippen molar-refractivity contribution in [2.24, 2.45) is 0 Å². The van der Waals surface area contributed by atoms with Gasteiger partial charge in [0, 0.05) is 43.9 Å². The van der Waals surface area contributed by atoms with Crippen molar-refractivity contribution in [1.29, 1.82) is 0 Å². The maximum Gasteiger partial charge on any atom is 0.164 e. The van der Waals surface area contributed by atoms with Crippen molar-refractivity contribution in [3.05, 3.63) is 218 Å². The van der Waals surface area contributed by atoms with Crippen LogP contribution in [-0.4, -0.2) is 19.5 Å². The van der Waals surface area contributed by atoms with Crippen molar-refractivity contribution in [1.82, 2.24) is 19.5 Å². The molecule has 11 aromatic carbocycles. The summed E-state index contributed by atoms with van der Waals surface area (Å²) in [5, 5.41) is 14.4. The minimum Gasteiger partial charge on any atom is -0.309 e. The molecule has 0 unspecified atom stereocenters. The first-order valence-corrected chi connectivity index (χ1v) is 21.4. The highest BCUT2D eigenvalue weighted by molar-refractivity contribution is 6.38. The molecule has 0 spiro atoms. The summed E-state index contributed by atoms with van der Waals surface area (Å²) in [6.45, 7) is 0. The average Bonchev–Trinajstić information content (AvgIpc) is 3.71. The molecule has 0 radical (unpaired) electrons. The number of nitrogens with zero attached hydrogens (tertiary/aromatic N) is 4. The number of aromatic nitrogens is 4. The van der Waals surface area contributed by atoms with Crippen molar-refractivity contribution in [3.8, 4) is 51.0 Å². The lowest BCUT2D eigenvalue weighted by molar-refractivity contribution is 1.08. The molecule has 2 heterocycles. The zero-order chi connectivity index (χ0) is 41.4. The van der Waals surface area contributed by atoms with Crippen molar-refractivity contribution in [2.45, 2.75) is 0 Å². The topological polar surface area (TPSA) is 43.6 Å². The molecule has 2 aromatic heterocycles. The van der Waals surface area contributed by atoms with E-state index >= 15 is 0 Å². The lowest BCUT2D eigenvalue weighted by Gasteiger charge is -2.16. The Morgan fingerprint density at radius 1 is 0.286 bits per heavy atom. The van der Waals surface area contributed by atoms with Gasteiger partial charge in [0.25, 0.3) is 0 Å². The van der Waals surface area contributed by atoms with Gasteiger partial charge in [-0.3, -0.25) is 0 Å². The molecule has 0 N–H and O–H groups in total. The number of benzene rings is 11. The number of fused-ring (bicyclic) bond motifs is 12. The highest BCUT2D eigenvalue weighted by Gasteiger charge is 2.22. The summed E-state index contributed by atoms with van der Waals surface area (Å²) >= 11 is 0. The highest BCUT2D eigenvalue weighted by Crippen LogP contribution is 2.47. The molecule has 0 aliphatic carbocycles. The van der Waals surface area contributed by atoms with Crippen LogP contribution < -0.4 is 0 Å². The second-order valence-electron chi connectivity index (χ2n) is 16.3. The number of para-hydroxylation sites is 2. The van der Waals surface area contributed by atoms with Crippen LogP contribution in [0.15, 0.2) is 218 Å². The smallest absolute Gasteiger partial charge is 0.164 e. The monoisotopic (exact) mass is 800 g/mol. The van der Waals surface area contributed by atoms with Gasteiger partial charge >= 0.3 is 0 Å². The zero-order valence-corrected chi connectivity index (χ0v) is 34.1. The van der Waals surface area contributed by atoms with Gasteiger partial charge < -0.3 is 4.57 Å². The van der Waals surface area contributed by atoms with Crippen molar-refractivity contribution >= 4 is 75.7 Å². The van der Waals surface area contributed by atoms with Gasteiger partial charge in [0.05, 0.1) is 11.0 Å². The van der Waals surface area contributed by atoms with E-state index in [9.17, 15) is 0 Å². The SMILES string of the molecule is c1ccc(-n2c3ccccc3c3c4c5ccccc5c(-c5ccc(-c6nc(-c7cccc8ccccc78)nc(-c7cccc8ccccc78)n6)cc5)cc4c4ccccc4c32)cc1. The number of rotatable bonds is 5. The molecule has 292 valence electrons. The van der Waals surface area contributed by atoms with Gasteiger partial charge in [-0.05, 0) is 78.5 Å². The van der Waals surface area contributed by atoms with E-state index < -0.39 is 0 Å². The number of hydrogen-bond donors (Lipinski definition) is 0. The standard InChI is InChI=1S/C59H36N4/c1-2-20-41(21-3-1)63-53-31-13-12-28-50(53)55-54-46-26-10-8-24-44(46)51(36-52(54)45-25-9-11-27-47(45)56(55)63)39-32-34-40(35-33-39)57-60-58(48-29-14-18-37-16-4-6-22-42(37)48)62-59(61-57)49-30-15-19-38-17-5-7-23-43(38)49/h1-36H. The van der Waals surface area contributed by atoms with Gasteiger partial charge in [0.15, 0.2) is 17.5 Å². The summed E-state index contributed by atoms with van der Waals surface area (Å²) in [5.41, 5.74) is 8.78. The van der Waals surface area contributed by atoms with Gasteiger partial charge in [-0.1, -0.05) is 194 Å². The fourth-order valence-electron chi connectivity index (χ4n) is 10.00. The van der Waals surface area contributed by atoms with E-state index in [1.165, 1.54) is 59.7 Å². The average molecular weight is 801 g/mol. The van der Waals surface area contributed by atoms with E-state index in [1.54, 1.807) is 0 Å². The Labute approximate surface area is 363 Å². The minimum atomic E-state index is 0.633. The molecule has 13 rings (SSSR count). The molecule has 63 heavy (non-hydrogen) atoms. The van der Waals surface area contributed by atoms with E-state index in [-0.39, 0.29) is 0 Å². The second-order valence-corrected chi connectivity index (χ2v) is 16.3. The van der Waals surface area contributed by atoms with Crippen molar-refractivity contribution < 1.29 is 0 Å². The Balaban J connectivity index is 1.03. The fourth-order valence-corrected chi connectivity index (χ4v) is 10.00. The fraction of sp³-hybridized carbons (Fsp3) is 0. The molecule has 4 nitrogen and oxygen atoms in total. The van der Waals surface area contributed by atoms with Crippen LogP contribution in [0.25, 0.3) is 127 Å². The van der Waals surface area contributed by atoms with E-state index in [2.05, 4.69) is 223 Å². The molecule has 0 aliphatic rings. The van der Waals surface area contributed by atoms with Crippen LogP contribution in [0.4, 0.5) is 0 Å². The lowest BCUT2D eigenvalue weighted by Crippen LogP contribution is -2.01. The van der Waals surface area contributed by atoms with Crippen LogP contribution in [0.2, 0.25) is 0 Å². The van der Waals surface area contributed by atoms with Crippen LogP contribution in [0.3, 0.4) is 0 Å². The zero-order valence-electron chi connectivity index (χ0n) is 34.1. The van der Waals surface area contributed by atoms with Crippen LogP contribution in [0, 0.1) is 0 Å². The molecule has 0 bridgehead atoms. The first kappa shape index (κ1) is 35.3. The Morgan fingerprint density at radius 3 is 1.44 bits per heavy atom. The molecule has 0 atom stereocenters. The third-order valence-corrected chi connectivity index (χ3v) is 12.8. The molecular weight excluding hydrogens is 765 g/mol. The van der Waals surface area contributed by atoms with Crippen molar-refractivity contribution in [2.75, 3.05) is 0 Å². The molecule has 0 saturated heterocycles. The van der Waals surface area contributed by atoms with Crippen LogP contribution in [-0.2, 0) is 0 Å². The normalized spacial score (nSPS) is 11.8. The molecule has 4 heteroatoms.